The number of hydrogen-bond acceptors (Lipinski definition) is 0. The van der Waals surface area contributed by atoms with Crippen molar-refractivity contribution in [2.45, 2.75) is 84.5 Å². The lowest BCUT2D eigenvalue weighted by molar-refractivity contribution is 0.680. The molecule has 1 aromatic carbocycles. The van der Waals surface area contributed by atoms with E-state index in [1.807, 2.05) is 0 Å². The molecule has 1 aliphatic carbocycles. The SMILES string of the molecule is C(=C\C1CCCC1)/CCCc1ccccc1.C/C=C\CCCCC. The lowest BCUT2D eigenvalue weighted by Crippen LogP contribution is -1.86. The van der Waals surface area contributed by atoms with Gasteiger partial charge in [0.05, 0.1) is 0 Å². The van der Waals surface area contributed by atoms with Gasteiger partial charge in [0.15, 0.2) is 0 Å². The summed E-state index contributed by atoms with van der Waals surface area (Å²) in [5.74, 6) is 0.900. The third kappa shape index (κ3) is 11.3. The molecule has 134 valence electrons. The third-order valence-electron chi connectivity index (χ3n) is 4.70. The average Bonchev–Trinajstić information content (AvgIpc) is 3.14. The summed E-state index contributed by atoms with van der Waals surface area (Å²) in [6, 6.07) is 10.8. The van der Waals surface area contributed by atoms with Crippen LogP contribution in [0.3, 0.4) is 0 Å². The highest BCUT2D eigenvalue weighted by atomic mass is 14.2. The number of rotatable bonds is 9. The highest BCUT2D eigenvalue weighted by Gasteiger charge is 2.10. The average molecular weight is 327 g/mol. The second kappa shape index (κ2) is 15.2. The number of allylic oxidation sites excluding steroid dienone is 4. The van der Waals surface area contributed by atoms with Crippen LogP contribution in [0.4, 0.5) is 0 Å². The Morgan fingerprint density at radius 2 is 1.62 bits per heavy atom. The molecule has 1 saturated carbocycles. The van der Waals surface area contributed by atoms with Crippen LogP contribution in [0.5, 0.6) is 0 Å². The normalized spacial score (nSPS) is 15.1. The molecule has 0 spiro atoms. The molecule has 0 heterocycles. The quantitative estimate of drug-likeness (QED) is 0.319. The minimum atomic E-state index is 0.900. The van der Waals surface area contributed by atoms with E-state index in [0.29, 0.717) is 0 Å². The molecular weight excluding hydrogens is 288 g/mol. The molecule has 0 aromatic heterocycles. The summed E-state index contributed by atoms with van der Waals surface area (Å²) in [6.07, 6.45) is 24.0. The zero-order valence-corrected chi connectivity index (χ0v) is 16.1. The Labute approximate surface area is 151 Å². The standard InChI is InChI=1S/C16H22.C8H16/c1-3-9-15(10-4-1)11-5-2-6-12-16-13-7-8-14-16;1-3-5-7-8-6-4-2/h1,3-4,6,9-10,12,16H,2,5,7-8,11,13-14H2;3,5H,4,6-8H2,1-2H3/b12-6+;5-3-. The van der Waals surface area contributed by atoms with E-state index in [0.717, 1.165) is 5.92 Å². The summed E-state index contributed by atoms with van der Waals surface area (Å²) < 4.78 is 0. The molecule has 0 unspecified atom stereocenters. The molecule has 0 saturated heterocycles. The number of benzene rings is 1. The number of aryl methyl sites for hydroxylation is 1. The maximum atomic E-state index is 2.46. The van der Waals surface area contributed by atoms with Crippen molar-refractivity contribution in [3.05, 3.63) is 60.2 Å². The van der Waals surface area contributed by atoms with E-state index in [1.54, 1.807) is 0 Å². The van der Waals surface area contributed by atoms with Crippen LogP contribution in [0.15, 0.2) is 54.6 Å². The fourth-order valence-corrected chi connectivity index (χ4v) is 3.19. The smallest absolute Gasteiger partial charge is 0.0234 e. The molecule has 0 radical (unpaired) electrons. The van der Waals surface area contributed by atoms with E-state index in [-0.39, 0.29) is 0 Å². The zero-order valence-electron chi connectivity index (χ0n) is 16.1. The molecule has 0 aliphatic heterocycles. The first-order valence-electron chi connectivity index (χ1n) is 10.2. The maximum absolute atomic E-state index is 2.46. The molecule has 1 aromatic rings. The van der Waals surface area contributed by atoms with Crippen molar-refractivity contribution in [2.75, 3.05) is 0 Å². The van der Waals surface area contributed by atoms with Gasteiger partial charge in [-0.2, -0.15) is 0 Å². The summed E-state index contributed by atoms with van der Waals surface area (Å²) >= 11 is 0. The van der Waals surface area contributed by atoms with Crippen LogP contribution >= 0.6 is 0 Å². The van der Waals surface area contributed by atoms with Crippen molar-refractivity contribution >= 4 is 0 Å². The summed E-state index contributed by atoms with van der Waals surface area (Å²) in [7, 11) is 0. The van der Waals surface area contributed by atoms with Crippen molar-refractivity contribution in [2.24, 2.45) is 5.92 Å². The molecule has 1 fully saturated rings. The second-order valence-electron chi connectivity index (χ2n) is 6.92. The van der Waals surface area contributed by atoms with E-state index in [2.05, 4.69) is 68.5 Å². The Morgan fingerprint density at radius 1 is 0.917 bits per heavy atom. The van der Waals surface area contributed by atoms with Gasteiger partial charge in [0.2, 0.25) is 0 Å². The molecule has 24 heavy (non-hydrogen) atoms. The van der Waals surface area contributed by atoms with Gasteiger partial charge in [0.25, 0.3) is 0 Å². The summed E-state index contributed by atoms with van der Waals surface area (Å²) in [6.45, 7) is 4.31. The van der Waals surface area contributed by atoms with Gasteiger partial charge < -0.3 is 0 Å². The summed E-state index contributed by atoms with van der Waals surface area (Å²) in [4.78, 5) is 0. The Hall–Kier alpha value is -1.30. The first kappa shape index (κ1) is 20.7. The van der Waals surface area contributed by atoms with E-state index in [4.69, 9.17) is 0 Å². The van der Waals surface area contributed by atoms with Crippen molar-refractivity contribution < 1.29 is 0 Å². The van der Waals surface area contributed by atoms with Crippen molar-refractivity contribution in [3.63, 3.8) is 0 Å². The maximum Gasteiger partial charge on any atom is -0.0234 e. The fraction of sp³-hybridized carbons (Fsp3) is 0.583. The van der Waals surface area contributed by atoms with Crippen molar-refractivity contribution in [1.82, 2.24) is 0 Å². The largest absolute Gasteiger partial charge is 0.0917 e. The third-order valence-corrected chi connectivity index (χ3v) is 4.70. The number of unbranched alkanes of at least 4 members (excludes halogenated alkanes) is 4. The predicted octanol–water partition coefficient (Wildman–Crippen LogP) is 7.90. The molecule has 1 aliphatic rings. The van der Waals surface area contributed by atoms with Crippen LogP contribution in [0.25, 0.3) is 0 Å². The van der Waals surface area contributed by atoms with Gasteiger partial charge in [0, 0.05) is 0 Å². The van der Waals surface area contributed by atoms with Gasteiger partial charge in [-0.15, -0.1) is 0 Å². The van der Waals surface area contributed by atoms with Crippen LogP contribution in [-0.2, 0) is 6.42 Å². The van der Waals surface area contributed by atoms with E-state index < -0.39 is 0 Å². The van der Waals surface area contributed by atoms with E-state index >= 15 is 0 Å². The van der Waals surface area contributed by atoms with Gasteiger partial charge >= 0.3 is 0 Å². The lowest BCUT2D eigenvalue weighted by Gasteiger charge is -2.01. The molecule has 2 rings (SSSR count). The van der Waals surface area contributed by atoms with Crippen LogP contribution < -0.4 is 0 Å². The monoisotopic (exact) mass is 326 g/mol. The topological polar surface area (TPSA) is 0 Å². The van der Waals surface area contributed by atoms with Gasteiger partial charge in [-0.1, -0.05) is 87.2 Å². The van der Waals surface area contributed by atoms with Crippen molar-refractivity contribution in [3.8, 4) is 0 Å². The van der Waals surface area contributed by atoms with Crippen LogP contribution in [0.1, 0.15) is 83.6 Å². The van der Waals surface area contributed by atoms with Crippen LogP contribution in [0, 0.1) is 5.92 Å². The Balaban J connectivity index is 0.000000307. The minimum absolute atomic E-state index is 0.900. The van der Waals surface area contributed by atoms with Crippen LogP contribution in [0.2, 0.25) is 0 Å². The Bertz CT molecular complexity index is 421. The minimum Gasteiger partial charge on any atom is -0.0917 e. The molecule has 0 amide bonds. The molecule has 0 atom stereocenters. The van der Waals surface area contributed by atoms with Gasteiger partial charge in [-0.25, -0.2) is 0 Å². The molecule has 0 bridgehead atoms. The fourth-order valence-electron chi connectivity index (χ4n) is 3.19. The molecule has 0 N–H and O–H groups in total. The van der Waals surface area contributed by atoms with E-state index in [1.165, 1.54) is 76.2 Å². The highest BCUT2D eigenvalue weighted by Crippen LogP contribution is 2.25. The van der Waals surface area contributed by atoms with Gasteiger partial charge in [-0.05, 0) is 63.4 Å². The van der Waals surface area contributed by atoms with Crippen LogP contribution in [-0.4, -0.2) is 0 Å². The Kier molecular flexibility index (Phi) is 13.2. The predicted molar refractivity (Wildman–Crippen MR) is 109 cm³/mol. The van der Waals surface area contributed by atoms with Gasteiger partial charge in [0.1, 0.15) is 0 Å². The Morgan fingerprint density at radius 3 is 2.29 bits per heavy atom. The van der Waals surface area contributed by atoms with Gasteiger partial charge in [-0.3, -0.25) is 0 Å². The summed E-state index contributed by atoms with van der Waals surface area (Å²) in [5, 5.41) is 0. The molecular formula is C24H38. The first-order chi connectivity index (χ1) is 11.9. The lowest BCUT2D eigenvalue weighted by atomic mass is 10.1. The van der Waals surface area contributed by atoms with Crippen molar-refractivity contribution in [1.29, 1.82) is 0 Å². The highest BCUT2D eigenvalue weighted by molar-refractivity contribution is 5.14. The second-order valence-corrected chi connectivity index (χ2v) is 6.92. The number of hydrogen-bond donors (Lipinski definition) is 0. The first-order valence-corrected chi connectivity index (χ1v) is 10.2. The molecule has 0 nitrogen and oxygen atoms in total. The zero-order chi connectivity index (χ0) is 17.3. The summed E-state index contributed by atoms with van der Waals surface area (Å²) in [5.41, 5.74) is 1.47. The molecule has 0 heteroatoms. The van der Waals surface area contributed by atoms with E-state index in [9.17, 15) is 0 Å².